The standard InChI is InChI=1S/C11H12F2N2/c12-7-2-1-3-8(13)9(7)10-4-11(5-10,6-10)15-14/h1-3,15H,4-6,14H2. The van der Waals surface area contributed by atoms with E-state index in [0.717, 1.165) is 19.3 Å². The minimum atomic E-state index is -0.430. The molecule has 4 heteroatoms. The highest BCUT2D eigenvalue weighted by Gasteiger charge is 2.69. The highest BCUT2D eigenvalue weighted by Crippen LogP contribution is 2.68. The average Bonchev–Trinajstić information content (AvgIpc) is 2.06. The average molecular weight is 210 g/mol. The molecule has 0 radical (unpaired) electrons. The molecule has 0 unspecified atom stereocenters. The summed E-state index contributed by atoms with van der Waals surface area (Å²) in [6, 6.07) is 4.04. The van der Waals surface area contributed by atoms with Crippen LogP contribution in [0.4, 0.5) is 8.78 Å². The predicted octanol–water partition coefficient (Wildman–Crippen LogP) is 1.60. The van der Waals surface area contributed by atoms with Crippen molar-refractivity contribution in [3.05, 3.63) is 35.4 Å². The zero-order valence-corrected chi connectivity index (χ0v) is 8.19. The van der Waals surface area contributed by atoms with Crippen molar-refractivity contribution in [2.45, 2.75) is 30.2 Å². The van der Waals surface area contributed by atoms with Gasteiger partial charge in [0, 0.05) is 16.5 Å². The molecule has 0 atom stereocenters. The van der Waals surface area contributed by atoms with E-state index in [2.05, 4.69) is 5.43 Å². The van der Waals surface area contributed by atoms with Gasteiger partial charge in [-0.1, -0.05) is 6.07 Å². The van der Waals surface area contributed by atoms with Gasteiger partial charge >= 0.3 is 0 Å². The van der Waals surface area contributed by atoms with Gasteiger partial charge in [0.2, 0.25) is 0 Å². The van der Waals surface area contributed by atoms with Gasteiger partial charge in [0.05, 0.1) is 0 Å². The van der Waals surface area contributed by atoms with Crippen molar-refractivity contribution in [2.24, 2.45) is 5.84 Å². The first-order valence-electron chi connectivity index (χ1n) is 5.03. The van der Waals surface area contributed by atoms with E-state index in [1.54, 1.807) is 0 Å². The summed E-state index contributed by atoms with van der Waals surface area (Å²) < 4.78 is 27.1. The third kappa shape index (κ3) is 0.983. The Balaban J connectivity index is 1.97. The van der Waals surface area contributed by atoms with Crippen LogP contribution in [0.1, 0.15) is 24.8 Å². The van der Waals surface area contributed by atoms with E-state index in [1.165, 1.54) is 18.2 Å². The van der Waals surface area contributed by atoms with Gasteiger partial charge in [-0.15, -0.1) is 0 Å². The maximum absolute atomic E-state index is 13.5. The molecule has 15 heavy (non-hydrogen) atoms. The van der Waals surface area contributed by atoms with Crippen LogP contribution in [-0.2, 0) is 5.41 Å². The number of nitrogens with one attached hydrogen (secondary N) is 1. The Kier molecular flexibility index (Phi) is 1.58. The second-order valence-corrected chi connectivity index (χ2v) is 4.83. The van der Waals surface area contributed by atoms with Crippen LogP contribution >= 0.6 is 0 Å². The van der Waals surface area contributed by atoms with Crippen LogP contribution < -0.4 is 11.3 Å². The van der Waals surface area contributed by atoms with Crippen LogP contribution in [0, 0.1) is 11.6 Å². The van der Waals surface area contributed by atoms with Crippen molar-refractivity contribution in [2.75, 3.05) is 0 Å². The van der Waals surface area contributed by atoms with E-state index in [4.69, 9.17) is 5.84 Å². The van der Waals surface area contributed by atoms with E-state index < -0.39 is 11.6 Å². The van der Waals surface area contributed by atoms with E-state index in [0.29, 0.717) is 0 Å². The number of hydrazine groups is 1. The lowest BCUT2D eigenvalue weighted by Crippen LogP contribution is -2.77. The van der Waals surface area contributed by atoms with Gasteiger partial charge in [0.25, 0.3) is 0 Å². The van der Waals surface area contributed by atoms with Crippen LogP contribution in [-0.4, -0.2) is 5.54 Å². The number of benzene rings is 1. The van der Waals surface area contributed by atoms with Crippen LogP contribution in [0.25, 0.3) is 0 Å². The molecule has 0 heterocycles. The molecule has 0 aliphatic heterocycles. The second-order valence-electron chi connectivity index (χ2n) is 4.83. The number of rotatable bonds is 2. The third-order valence-corrected chi connectivity index (χ3v) is 3.83. The lowest BCUT2D eigenvalue weighted by atomic mass is 9.37. The van der Waals surface area contributed by atoms with Gasteiger partial charge in [-0.05, 0) is 31.4 Å². The van der Waals surface area contributed by atoms with Crippen LogP contribution in [0.5, 0.6) is 0 Å². The number of hydrogen-bond donors (Lipinski definition) is 2. The topological polar surface area (TPSA) is 38.0 Å². The Morgan fingerprint density at radius 3 is 2.13 bits per heavy atom. The van der Waals surface area contributed by atoms with Gasteiger partial charge in [-0.25, -0.2) is 8.78 Å². The minimum Gasteiger partial charge on any atom is -0.271 e. The first kappa shape index (κ1) is 9.24. The SMILES string of the molecule is NNC12CC(c3c(F)cccc3F)(C1)C2. The van der Waals surface area contributed by atoms with Crippen LogP contribution in [0.15, 0.2) is 18.2 Å². The van der Waals surface area contributed by atoms with Crippen molar-refractivity contribution in [3.63, 3.8) is 0 Å². The smallest absolute Gasteiger partial charge is 0.129 e. The number of nitrogens with two attached hydrogens (primary N) is 1. The predicted molar refractivity (Wildman–Crippen MR) is 51.9 cm³/mol. The Morgan fingerprint density at radius 1 is 1.13 bits per heavy atom. The number of halogens is 2. The molecule has 0 amide bonds. The summed E-state index contributed by atoms with van der Waals surface area (Å²) in [6.45, 7) is 0. The van der Waals surface area contributed by atoms with E-state index in [1.807, 2.05) is 0 Å². The van der Waals surface area contributed by atoms with E-state index >= 15 is 0 Å². The van der Waals surface area contributed by atoms with Gasteiger partial charge in [-0.2, -0.15) is 0 Å². The highest BCUT2D eigenvalue weighted by atomic mass is 19.1. The molecule has 4 rings (SSSR count). The monoisotopic (exact) mass is 210 g/mol. The molecule has 2 bridgehead atoms. The molecule has 80 valence electrons. The normalized spacial score (nSPS) is 37.0. The quantitative estimate of drug-likeness (QED) is 0.574. The van der Waals surface area contributed by atoms with Gasteiger partial charge < -0.3 is 0 Å². The van der Waals surface area contributed by atoms with Crippen molar-refractivity contribution in [1.82, 2.24) is 5.43 Å². The summed E-state index contributed by atoms with van der Waals surface area (Å²) in [5, 5.41) is 0. The molecule has 3 saturated carbocycles. The second kappa shape index (κ2) is 2.57. The largest absolute Gasteiger partial charge is 0.271 e. The molecule has 3 fully saturated rings. The highest BCUT2D eigenvalue weighted by molar-refractivity contribution is 5.42. The van der Waals surface area contributed by atoms with Crippen molar-refractivity contribution in [3.8, 4) is 0 Å². The van der Waals surface area contributed by atoms with Gasteiger partial charge in [0.15, 0.2) is 0 Å². The summed E-state index contributed by atoms with van der Waals surface area (Å²) >= 11 is 0. The molecule has 0 saturated heterocycles. The molecule has 3 aliphatic carbocycles. The van der Waals surface area contributed by atoms with E-state index in [-0.39, 0.29) is 16.5 Å². The fraction of sp³-hybridized carbons (Fsp3) is 0.455. The van der Waals surface area contributed by atoms with E-state index in [9.17, 15) is 8.78 Å². The first-order chi connectivity index (χ1) is 7.11. The van der Waals surface area contributed by atoms with Gasteiger partial charge in [-0.3, -0.25) is 11.3 Å². The third-order valence-electron chi connectivity index (χ3n) is 3.83. The molecular formula is C11H12F2N2. The van der Waals surface area contributed by atoms with Crippen LogP contribution in [0.2, 0.25) is 0 Å². The lowest BCUT2D eigenvalue weighted by molar-refractivity contribution is -0.0921. The Morgan fingerprint density at radius 2 is 1.67 bits per heavy atom. The Hall–Kier alpha value is -1.00. The molecule has 1 aromatic rings. The fourth-order valence-electron chi connectivity index (χ4n) is 3.21. The zero-order valence-electron chi connectivity index (χ0n) is 8.19. The lowest BCUT2D eigenvalue weighted by Gasteiger charge is -2.70. The maximum atomic E-state index is 13.5. The summed E-state index contributed by atoms with van der Waals surface area (Å²) in [5.74, 6) is 4.52. The Bertz CT molecular complexity index is 391. The molecule has 0 aromatic heterocycles. The molecule has 1 aromatic carbocycles. The van der Waals surface area contributed by atoms with Crippen molar-refractivity contribution < 1.29 is 8.78 Å². The molecule has 2 nitrogen and oxygen atoms in total. The van der Waals surface area contributed by atoms with Crippen molar-refractivity contribution >= 4 is 0 Å². The fourth-order valence-corrected chi connectivity index (χ4v) is 3.21. The Labute approximate surface area is 86.4 Å². The van der Waals surface area contributed by atoms with Crippen LogP contribution in [0.3, 0.4) is 0 Å². The summed E-state index contributed by atoms with van der Waals surface area (Å²) in [6.07, 6.45) is 2.23. The first-order valence-corrected chi connectivity index (χ1v) is 5.03. The zero-order chi connectivity index (χ0) is 10.7. The minimum absolute atomic E-state index is 0.0469. The molecule has 3 aliphatic rings. The molecule has 3 N–H and O–H groups in total. The molecule has 0 spiro atoms. The summed E-state index contributed by atoms with van der Waals surface area (Å²) in [4.78, 5) is 0. The molecular weight excluding hydrogens is 198 g/mol. The summed E-state index contributed by atoms with van der Waals surface area (Å²) in [7, 11) is 0. The maximum Gasteiger partial charge on any atom is 0.129 e. The summed E-state index contributed by atoms with van der Waals surface area (Å²) in [5.41, 5.74) is 2.65. The number of hydrogen-bond acceptors (Lipinski definition) is 2. The van der Waals surface area contributed by atoms with Gasteiger partial charge in [0.1, 0.15) is 11.6 Å². The van der Waals surface area contributed by atoms with Crippen molar-refractivity contribution in [1.29, 1.82) is 0 Å².